The first kappa shape index (κ1) is 12.2. The molecule has 0 amide bonds. The van der Waals surface area contributed by atoms with Crippen molar-refractivity contribution < 1.29 is 9.90 Å². The summed E-state index contributed by atoms with van der Waals surface area (Å²) in [5.74, 6) is -0.867. The maximum Gasteiger partial charge on any atom is 0.335 e. The van der Waals surface area contributed by atoms with Crippen molar-refractivity contribution in [2.45, 2.75) is 25.0 Å². The normalized spacial score (nSPS) is 25.8. The van der Waals surface area contributed by atoms with Gasteiger partial charge < -0.3 is 10.0 Å². The molecule has 3 rings (SSSR count). The number of piperazine rings is 1. The molecule has 0 unspecified atom stereocenters. The van der Waals surface area contributed by atoms with E-state index in [-0.39, 0.29) is 0 Å². The Hall–Kier alpha value is -1.81. The first-order valence-corrected chi connectivity index (χ1v) is 6.62. The van der Waals surface area contributed by atoms with E-state index >= 15 is 0 Å². The van der Waals surface area contributed by atoms with Crippen LogP contribution in [0.2, 0.25) is 0 Å². The first-order chi connectivity index (χ1) is 9.17. The maximum atomic E-state index is 10.8. The van der Waals surface area contributed by atoms with Crippen molar-refractivity contribution in [3.05, 3.63) is 48.2 Å². The Kier molecular flexibility index (Phi) is 3.03. The van der Waals surface area contributed by atoms with Crippen LogP contribution in [0.4, 0.5) is 0 Å². The Morgan fingerprint density at radius 3 is 2.58 bits per heavy atom. The zero-order valence-corrected chi connectivity index (χ0v) is 10.8. The van der Waals surface area contributed by atoms with Crippen molar-refractivity contribution in [2.75, 3.05) is 13.1 Å². The first-order valence-electron chi connectivity index (χ1n) is 6.62. The summed E-state index contributed by atoms with van der Waals surface area (Å²) in [5, 5.41) is 8.88. The average Bonchev–Trinajstić information content (AvgIpc) is 2.98. The molecule has 2 aliphatic rings. The highest BCUT2D eigenvalue weighted by molar-refractivity contribution is 5.87. The van der Waals surface area contributed by atoms with Crippen LogP contribution >= 0.6 is 0 Å². The summed E-state index contributed by atoms with van der Waals surface area (Å²) in [6.07, 6.45) is 3.17. The molecule has 0 spiro atoms. The smallest absolute Gasteiger partial charge is 0.335 e. The largest absolute Gasteiger partial charge is 0.478 e. The predicted octanol–water partition coefficient (Wildman–Crippen LogP) is 1.79. The minimum Gasteiger partial charge on any atom is -0.478 e. The molecule has 4 nitrogen and oxygen atoms in total. The quantitative estimate of drug-likeness (QED) is 0.894. The van der Waals surface area contributed by atoms with Gasteiger partial charge in [-0.3, -0.25) is 4.90 Å². The van der Waals surface area contributed by atoms with Crippen LogP contribution in [0.5, 0.6) is 0 Å². The lowest BCUT2D eigenvalue weighted by molar-refractivity contribution is 0.0697. The summed E-state index contributed by atoms with van der Waals surface area (Å²) in [6.45, 7) is 6.91. The number of carboxylic acids is 1. The van der Waals surface area contributed by atoms with E-state index in [1.54, 1.807) is 12.1 Å². The molecule has 0 radical (unpaired) electrons. The van der Waals surface area contributed by atoms with Crippen LogP contribution in [0, 0.1) is 0 Å². The zero-order chi connectivity index (χ0) is 13.4. The van der Waals surface area contributed by atoms with Crippen LogP contribution in [0.15, 0.2) is 37.0 Å². The summed E-state index contributed by atoms with van der Waals surface area (Å²) in [6, 6.07) is 8.42. The van der Waals surface area contributed by atoms with Crippen molar-refractivity contribution in [3.8, 4) is 0 Å². The zero-order valence-electron chi connectivity index (χ0n) is 10.8. The second-order valence-corrected chi connectivity index (χ2v) is 5.35. The lowest BCUT2D eigenvalue weighted by atomic mass is 10.1. The number of benzene rings is 1. The number of fused-ring (bicyclic) bond motifs is 2. The molecule has 0 saturated carbocycles. The second kappa shape index (κ2) is 4.70. The van der Waals surface area contributed by atoms with Gasteiger partial charge in [0.25, 0.3) is 0 Å². The number of carboxylic acid groups (broad SMARTS) is 1. The van der Waals surface area contributed by atoms with Gasteiger partial charge in [-0.15, -0.1) is 0 Å². The van der Waals surface area contributed by atoms with Gasteiger partial charge in [-0.25, -0.2) is 4.79 Å². The van der Waals surface area contributed by atoms with Gasteiger partial charge in [0, 0.05) is 31.7 Å². The molecular weight excluding hydrogens is 240 g/mol. The number of aromatic carboxylic acids is 1. The topological polar surface area (TPSA) is 43.8 Å². The van der Waals surface area contributed by atoms with Gasteiger partial charge in [-0.2, -0.15) is 0 Å². The highest BCUT2D eigenvalue weighted by Crippen LogP contribution is 2.31. The van der Waals surface area contributed by atoms with Gasteiger partial charge in [0.15, 0.2) is 0 Å². The summed E-state index contributed by atoms with van der Waals surface area (Å²) in [7, 11) is 0. The Morgan fingerprint density at radius 2 is 2.05 bits per heavy atom. The maximum absolute atomic E-state index is 10.8. The van der Waals surface area contributed by atoms with Gasteiger partial charge in [0.2, 0.25) is 0 Å². The van der Waals surface area contributed by atoms with E-state index < -0.39 is 5.97 Å². The van der Waals surface area contributed by atoms with Crippen molar-refractivity contribution in [3.63, 3.8) is 0 Å². The fourth-order valence-corrected chi connectivity index (χ4v) is 3.18. The minimum absolute atomic E-state index is 0.351. The summed E-state index contributed by atoms with van der Waals surface area (Å²) in [5.41, 5.74) is 1.53. The summed E-state index contributed by atoms with van der Waals surface area (Å²) in [4.78, 5) is 15.6. The van der Waals surface area contributed by atoms with Crippen LogP contribution in [-0.4, -0.2) is 46.0 Å². The third kappa shape index (κ3) is 2.24. The van der Waals surface area contributed by atoms with Crippen LogP contribution in [0.25, 0.3) is 0 Å². The minimum atomic E-state index is -0.867. The van der Waals surface area contributed by atoms with Crippen LogP contribution in [-0.2, 0) is 6.54 Å². The molecule has 1 N–H and O–H groups in total. The molecule has 2 aliphatic heterocycles. The van der Waals surface area contributed by atoms with E-state index in [1.165, 1.54) is 12.0 Å². The fourth-order valence-electron chi connectivity index (χ4n) is 3.18. The van der Waals surface area contributed by atoms with Crippen molar-refractivity contribution in [1.82, 2.24) is 9.80 Å². The number of hydrogen-bond donors (Lipinski definition) is 1. The standard InChI is InChI=1S/C15H18N2O2/c1-2-16-9-14-7-13(16)10-17(14)8-11-3-5-12(6-4-11)15(18)19/h2-6,13-14H,1,7-10H2,(H,18,19)/t13-,14-/m0/s1. The highest BCUT2D eigenvalue weighted by Gasteiger charge is 2.41. The number of likely N-dealkylation sites (tertiary alicyclic amines) is 2. The molecule has 4 heteroatoms. The molecule has 1 aromatic rings. The molecule has 100 valence electrons. The van der Waals surface area contributed by atoms with E-state index in [0.29, 0.717) is 17.6 Å². The molecule has 2 bridgehead atoms. The van der Waals surface area contributed by atoms with Crippen molar-refractivity contribution in [1.29, 1.82) is 0 Å². The molecule has 2 heterocycles. The average molecular weight is 258 g/mol. The summed E-state index contributed by atoms with van der Waals surface area (Å²) < 4.78 is 0. The molecule has 0 aromatic heterocycles. The van der Waals surface area contributed by atoms with Gasteiger partial charge in [0.1, 0.15) is 0 Å². The number of carbonyl (C=O) groups is 1. The third-order valence-corrected chi connectivity index (χ3v) is 4.22. The summed E-state index contributed by atoms with van der Waals surface area (Å²) >= 11 is 0. The lowest BCUT2D eigenvalue weighted by Gasteiger charge is -2.33. The number of rotatable bonds is 4. The van der Waals surface area contributed by atoms with Crippen LogP contribution < -0.4 is 0 Å². The fraction of sp³-hybridized carbons (Fsp3) is 0.400. The monoisotopic (exact) mass is 258 g/mol. The van der Waals surface area contributed by atoms with E-state index in [9.17, 15) is 4.79 Å². The third-order valence-electron chi connectivity index (χ3n) is 4.22. The van der Waals surface area contributed by atoms with E-state index in [0.717, 1.165) is 19.6 Å². The van der Waals surface area contributed by atoms with Gasteiger partial charge in [-0.1, -0.05) is 18.7 Å². The number of nitrogens with zero attached hydrogens (tertiary/aromatic N) is 2. The van der Waals surface area contributed by atoms with Gasteiger partial charge in [0.05, 0.1) is 5.56 Å². The van der Waals surface area contributed by atoms with Crippen LogP contribution in [0.3, 0.4) is 0 Å². The molecule has 0 aliphatic carbocycles. The van der Waals surface area contributed by atoms with Gasteiger partial charge in [-0.05, 0) is 30.3 Å². The van der Waals surface area contributed by atoms with E-state index in [1.807, 2.05) is 18.3 Å². The Labute approximate surface area is 112 Å². The van der Waals surface area contributed by atoms with E-state index in [2.05, 4.69) is 16.4 Å². The van der Waals surface area contributed by atoms with Crippen molar-refractivity contribution >= 4 is 5.97 Å². The predicted molar refractivity (Wildman–Crippen MR) is 72.9 cm³/mol. The Balaban J connectivity index is 1.64. The van der Waals surface area contributed by atoms with Crippen molar-refractivity contribution in [2.24, 2.45) is 0 Å². The SMILES string of the molecule is C=CN1C[C@@H]2C[C@H]1CN2Cc1ccc(C(=O)O)cc1. The Morgan fingerprint density at radius 1 is 1.32 bits per heavy atom. The number of hydrogen-bond acceptors (Lipinski definition) is 3. The molecule has 1 aromatic carbocycles. The molecule has 2 atom stereocenters. The van der Waals surface area contributed by atoms with Crippen LogP contribution in [0.1, 0.15) is 22.3 Å². The molecule has 2 saturated heterocycles. The van der Waals surface area contributed by atoms with Gasteiger partial charge >= 0.3 is 5.97 Å². The molecular formula is C15H18N2O2. The Bertz CT molecular complexity index is 497. The molecule has 19 heavy (non-hydrogen) atoms. The van der Waals surface area contributed by atoms with E-state index in [4.69, 9.17) is 5.11 Å². The highest BCUT2D eigenvalue weighted by atomic mass is 16.4. The lowest BCUT2D eigenvalue weighted by Crippen LogP contribution is -2.43. The molecule has 2 fully saturated rings. The second-order valence-electron chi connectivity index (χ2n) is 5.35.